The van der Waals surface area contributed by atoms with E-state index in [9.17, 15) is 4.79 Å². The minimum absolute atomic E-state index is 0.00251. The number of benzene rings is 1. The number of amides is 1. The summed E-state index contributed by atoms with van der Waals surface area (Å²) in [6.07, 6.45) is 1.99. The topological polar surface area (TPSA) is 90.8 Å². The number of furan rings is 1. The van der Waals surface area contributed by atoms with Gasteiger partial charge in [0.05, 0.1) is 12.8 Å². The van der Waals surface area contributed by atoms with Gasteiger partial charge in [-0.05, 0) is 31.2 Å². The molecule has 3 heterocycles. The average Bonchev–Trinajstić information content (AvgIpc) is 3.41. The van der Waals surface area contributed by atoms with Gasteiger partial charge < -0.3 is 23.3 Å². The fourth-order valence-corrected chi connectivity index (χ4v) is 3.04. The molecule has 0 saturated carbocycles. The van der Waals surface area contributed by atoms with Crippen LogP contribution >= 0.6 is 0 Å². The molecule has 1 aliphatic rings. The van der Waals surface area contributed by atoms with Crippen LogP contribution in [0.3, 0.4) is 0 Å². The molecule has 2 aromatic heterocycles. The van der Waals surface area contributed by atoms with Crippen molar-refractivity contribution >= 4 is 5.91 Å². The molecule has 0 bridgehead atoms. The lowest BCUT2D eigenvalue weighted by Crippen LogP contribution is -2.43. The normalized spacial score (nSPS) is 15.4. The molecule has 0 radical (unpaired) electrons. The van der Waals surface area contributed by atoms with Crippen molar-refractivity contribution in [2.24, 2.45) is 0 Å². The van der Waals surface area contributed by atoms with Crippen LogP contribution < -0.4 is 9.47 Å². The number of likely N-dealkylation sites (N-methyl/N-ethyl adjacent to an activating group) is 1. The highest BCUT2D eigenvalue weighted by molar-refractivity contribution is 5.76. The van der Waals surface area contributed by atoms with Gasteiger partial charge in [-0.2, -0.15) is 4.98 Å². The highest BCUT2D eigenvalue weighted by atomic mass is 16.6. The highest BCUT2D eigenvalue weighted by Gasteiger charge is 2.25. The summed E-state index contributed by atoms with van der Waals surface area (Å²) >= 11 is 0. The van der Waals surface area contributed by atoms with Crippen LogP contribution in [-0.4, -0.2) is 46.7 Å². The van der Waals surface area contributed by atoms with E-state index in [1.54, 1.807) is 23.3 Å². The molecule has 0 N–H and O–H groups in total. The number of hydrogen-bond donors (Lipinski definition) is 0. The first-order chi connectivity index (χ1) is 13.7. The second-order valence-corrected chi connectivity index (χ2v) is 6.42. The van der Waals surface area contributed by atoms with E-state index in [-0.39, 0.29) is 18.4 Å². The monoisotopic (exact) mass is 383 g/mol. The van der Waals surface area contributed by atoms with Gasteiger partial charge in [0.2, 0.25) is 17.6 Å². The molecule has 8 heteroatoms. The second-order valence-electron chi connectivity index (χ2n) is 6.42. The Morgan fingerprint density at radius 3 is 2.86 bits per heavy atom. The standard InChI is InChI=1S/C20H21N3O5/c1-2-23(12-14-13-26-15-6-3-4-7-16(15)27-14)19(24)10-9-18-21-20(22-28-18)17-8-5-11-25-17/h3-8,11,14H,2,9-10,12-13H2,1H3. The van der Waals surface area contributed by atoms with Crippen LogP contribution in [0.2, 0.25) is 0 Å². The molecule has 0 spiro atoms. The maximum atomic E-state index is 12.6. The van der Waals surface area contributed by atoms with E-state index in [2.05, 4.69) is 10.1 Å². The number of carbonyl (C=O) groups excluding carboxylic acids is 1. The van der Waals surface area contributed by atoms with E-state index < -0.39 is 0 Å². The third-order valence-corrected chi connectivity index (χ3v) is 4.49. The molecule has 28 heavy (non-hydrogen) atoms. The Hall–Kier alpha value is -3.29. The van der Waals surface area contributed by atoms with Gasteiger partial charge in [0.25, 0.3) is 0 Å². The highest BCUT2D eigenvalue weighted by Crippen LogP contribution is 2.31. The zero-order valence-corrected chi connectivity index (χ0v) is 15.5. The van der Waals surface area contributed by atoms with Crippen LogP contribution in [-0.2, 0) is 11.2 Å². The van der Waals surface area contributed by atoms with Crippen molar-refractivity contribution in [2.75, 3.05) is 19.7 Å². The molecule has 1 atom stereocenters. The van der Waals surface area contributed by atoms with Crippen LogP contribution in [0.5, 0.6) is 11.5 Å². The van der Waals surface area contributed by atoms with Gasteiger partial charge in [-0.15, -0.1) is 0 Å². The number of ether oxygens (including phenoxy) is 2. The van der Waals surface area contributed by atoms with Gasteiger partial charge in [0.15, 0.2) is 23.4 Å². The summed E-state index contributed by atoms with van der Waals surface area (Å²) in [6.45, 7) is 3.40. The Balaban J connectivity index is 1.31. The number of para-hydroxylation sites is 2. The summed E-state index contributed by atoms with van der Waals surface area (Å²) in [4.78, 5) is 18.6. The van der Waals surface area contributed by atoms with Gasteiger partial charge in [0.1, 0.15) is 6.61 Å². The fraction of sp³-hybridized carbons (Fsp3) is 0.350. The molecule has 1 unspecified atom stereocenters. The van der Waals surface area contributed by atoms with Crippen molar-refractivity contribution in [2.45, 2.75) is 25.9 Å². The predicted octanol–water partition coefficient (Wildman–Crippen LogP) is 2.95. The van der Waals surface area contributed by atoms with Crippen LogP contribution in [0.15, 0.2) is 51.6 Å². The zero-order valence-electron chi connectivity index (χ0n) is 15.5. The minimum Gasteiger partial charge on any atom is -0.486 e. The molecular weight excluding hydrogens is 362 g/mol. The maximum Gasteiger partial charge on any atom is 0.238 e. The summed E-state index contributed by atoms with van der Waals surface area (Å²) in [6, 6.07) is 11.0. The van der Waals surface area contributed by atoms with Crippen molar-refractivity contribution in [1.82, 2.24) is 15.0 Å². The van der Waals surface area contributed by atoms with E-state index in [1.165, 1.54) is 0 Å². The van der Waals surface area contributed by atoms with Crippen molar-refractivity contribution in [3.8, 4) is 23.1 Å². The molecule has 8 nitrogen and oxygen atoms in total. The van der Waals surface area contributed by atoms with E-state index >= 15 is 0 Å². The lowest BCUT2D eigenvalue weighted by atomic mass is 10.2. The summed E-state index contributed by atoms with van der Waals surface area (Å²) in [5.41, 5.74) is 0. The average molecular weight is 383 g/mol. The molecular formula is C20H21N3O5. The molecule has 1 amide bonds. The zero-order chi connectivity index (χ0) is 19.3. The summed E-state index contributed by atoms with van der Waals surface area (Å²) in [5, 5.41) is 3.88. The van der Waals surface area contributed by atoms with Gasteiger partial charge >= 0.3 is 0 Å². The van der Waals surface area contributed by atoms with E-state index in [4.69, 9.17) is 18.4 Å². The largest absolute Gasteiger partial charge is 0.486 e. The van der Waals surface area contributed by atoms with Crippen molar-refractivity contribution in [3.05, 3.63) is 48.6 Å². The maximum absolute atomic E-state index is 12.6. The molecule has 3 aromatic rings. The lowest BCUT2D eigenvalue weighted by molar-refractivity contribution is -0.132. The first-order valence-electron chi connectivity index (χ1n) is 9.25. The van der Waals surface area contributed by atoms with Gasteiger partial charge in [-0.3, -0.25) is 4.79 Å². The smallest absolute Gasteiger partial charge is 0.238 e. The number of aromatic nitrogens is 2. The van der Waals surface area contributed by atoms with E-state index in [0.717, 1.165) is 5.75 Å². The van der Waals surface area contributed by atoms with E-state index in [0.29, 0.717) is 49.3 Å². The molecule has 1 aliphatic heterocycles. The van der Waals surface area contributed by atoms with Gasteiger partial charge in [-0.1, -0.05) is 17.3 Å². The quantitative estimate of drug-likeness (QED) is 0.619. The van der Waals surface area contributed by atoms with E-state index in [1.807, 2.05) is 31.2 Å². The molecule has 0 saturated heterocycles. The Kier molecular flexibility index (Phi) is 5.27. The Bertz CT molecular complexity index is 922. The Labute approximate surface area is 162 Å². The summed E-state index contributed by atoms with van der Waals surface area (Å²) < 4.78 is 22.1. The third-order valence-electron chi connectivity index (χ3n) is 4.49. The van der Waals surface area contributed by atoms with Crippen LogP contribution in [0.1, 0.15) is 19.2 Å². The van der Waals surface area contributed by atoms with Crippen LogP contribution in [0.4, 0.5) is 0 Å². The first-order valence-corrected chi connectivity index (χ1v) is 9.25. The Morgan fingerprint density at radius 2 is 2.07 bits per heavy atom. The van der Waals surface area contributed by atoms with Crippen LogP contribution in [0, 0.1) is 0 Å². The fourth-order valence-electron chi connectivity index (χ4n) is 3.04. The van der Waals surface area contributed by atoms with Crippen LogP contribution in [0.25, 0.3) is 11.6 Å². The second kappa shape index (κ2) is 8.16. The predicted molar refractivity (Wildman–Crippen MR) is 98.9 cm³/mol. The molecule has 146 valence electrons. The number of aryl methyl sites for hydroxylation is 1. The number of hydrogen-bond acceptors (Lipinski definition) is 7. The molecule has 1 aromatic carbocycles. The molecule has 0 aliphatic carbocycles. The van der Waals surface area contributed by atoms with Crippen molar-refractivity contribution in [1.29, 1.82) is 0 Å². The first kappa shape index (κ1) is 18.1. The molecule has 0 fully saturated rings. The number of nitrogens with zero attached hydrogens (tertiary/aromatic N) is 3. The molecule has 4 rings (SSSR count). The third kappa shape index (κ3) is 4.00. The lowest BCUT2D eigenvalue weighted by Gasteiger charge is -2.30. The van der Waals surface area contributed by atoms with Gasteiger partial charge in [-0.25, -0.2) is 0 Å². The Morgan fingerprint density at radius 1 is 1.21 bits per heavy atom. The van der Waals surface area contributed by atoms with Crippen molar-refractivity contribution in [3.63, 3.8) is 0 Å². The summed E-state index contributed by atoms with van der Waals surface area (Å²) in [5.74, 6) is 2.76. The minimum atomic E-state index is -0.201. The summed E-state index contributed by atoms with van der Waals surface area (Å²) in [7, 11) is 0. The number of fused-ring (bicyclic) bond motifs is 1. The SMILES string of the molecule is CCN(CC1COc2ccccc2O1)C(=O)CCc1nc(-c2ccco2)no1. The number of rotatable bonds is 7. The van der Waals surface area contributed by atoms with Crippen molar-refractivity contribution < 1.29 is 23.2 Å². The number of carbonyl (C=O) groups is 1. The van der Waals surface area contributed by atoms with Gasteiger partial charge in [0, 0.05) is 19.4 Å².